The number of aromatic nitrogens is 4. The van der Waals surface area contributed by atoms with Gasteiger partial charge in [-0.05, 0) is 18.4 Å². The van der Waals surface area contributed by atoms with Gasteiger partial charge < -0.3 is 4.57 Å². The number of benzene rings is 1. The van der Waals surface area contributed by atoms with Crippen LogP contribution in [0.5, 0.6) is 0 Å². The first-order chi connectivity index (χ1) is 11.3. The van der Waals surface area contributed by atoms with Gasteiger partial charge in [-0.15, -0.1) is 0 Å². The fourth-order valence-corrected chi connectivity index (χ4v) is 3.69. The Bertz CT molecular complexity index is 807. The van der Waals surface area contributed by atoms with Gasteiger partial charge in [0.15, 0.2) is 10.8 Å². The molecule has 2 heterocycles. The molecule has 1 aliphatic carbocycles. The smallest absolute Gasteiger partial charge is 0.165 e. The third-order valence-electron chi connectivity index (χ3n) is 4.67. The van der Waals surface area contributed by atoms with Crippen LogP contribution in [-0.4, -0.2) is 19.5 Å². The summed E-state index contributed by atoms with van der Waals surface area (Å²) >= 11 is 6.26. The van der Waals surface area contributed by atoms with Crippen LogP contribution in [0.25, 0.3) is 11.2 Å². The molecule has 4 rings (SSSR count). The minimum absolute atomic E-state index is 0.443. The largest absolute Gasteiger partial charge is 0.308 e. The topological polar surface area (TPSA) is 43.6 Å². The second-order valence-electron chi connectivity index (χ2n) is 6.21. The second-order valence-corrected chi connectivity index (χ2v) is 6.57. The molecule has 0 radical (unpaired) electrons. The van der Waals surface area contributed by atoms with Gasteiger partial charge in [-0.3, -0.25) is 0 Å². The normalized spacial score (nSPS) is 16.0. The number of rotatable bonds is 3. The van der Waals surface area contributed by atoms with E-state index >= 15 is 0 Å². The van der Waals surface area contributed by atoms with Crippen molar-refractivity contribution in [3.05, 3.63) is 53.2 Å². The molecule has 0 amide bonds. The second kappa shape index (κ2) is 6.28. The molecule has 0 aliphatic heterocycles. The van der Waals surface area contributed by atoms with E-state index in [2.05, 4.69) is 38.8 Å². The van der Waals surface area contributed by atoms with Crippen LogP contribution in [-0.2, 0) is 6.54 Å². The monoisotopic (exact) mass is 326 g/mol. The summed E-state index contributed by atoms with van der Waals surface area (Å²) in [6.45, 7) is 0.774. The minimum Gasteiger partial charge on any atom is -0.308 e. The predicted octanol–water partition coefficient (Wildman–Crippen LogP) is 4.58. The number of hydrogen-bond donors (Lipinski definition) is 0. The van der Waals surface area contributed by atoms with E-state index in [4.69, 9.17) is 16.6 Å². The number of imidazole rings is 1. The third kappa shape index (κ3) is 2.83. The van der Waals surface area contributed by atoms with Gasteiger partial charge in [0.1, 0.15) is 17.7 Å². The average molecular weight is 327 g/mol. The Kier molecular flexibility index (Phi) is 4.00. The Morgan fingerprint density at radius 1 is 1.04 bits per heavy atom. The molecular formula is C18H19ClN4. The maximum atomic E-state index is 6.26. The van der Waals surface area contributed by atoms with E-state index in [9.17, 15) is 0 Å². The SMILES string of the molecule is Clc1ncnc2c1nc(C1CCCCC1)n2Cc1ccccc1. The predicted molar refractivity (Wildman–Crippen MR) is 91.7 cm³/mol. The van der Waals surface area contributed by atoms with Gasteiger partial charge in [0.2, 0.25) is 0 Å². The van der Waals surface area contributed by atoms with E-state index < -0.39 is 0 Å². The molecular weight excluding hydrogens is 308 g/mol. The molecule has 0 N–H and O–H groups in total. The van der Waals surface area contributed by atoms with Gasteiger partial charge >= 0.3 is 0 Å². The number of nitrogens with zero attached hydrogens (tertiary/aromatic N) is 4. The van der Waals surface area contributed by atoms with Crippen molar-refractivity contribution in [2.24, 2.45) is 0 Å². The maximum Gasteiger partial charge on any atom is 0.165 e. The lowest BCUT2D eigenvalue weighted by Crippen LogP contribution is -2.13. The van der Waals surface area contributed by atoms with Gasteiger partial charge in [-0.25, -0.2) is 15.0 Å². The van der Waals surface area contributed by atoms with Crippen molar-refractivity contribution in [3.63, 3.8) is 0 Å². The number of hydrogen-bond acceptors (Lipinski definition) is 3. The molecule has 5 heteroatoms. The molecule has 1 aliphatic rings. The van der Waals surface area contributed by atoms with Crippen LogP contribution >= 0.6 is 11.6 Å². The molecule has 118 valence electrons. The summed E-state index contributed by atoms with van der Waals surface area (Å²) in [4.78, 5) is 13.4. The fraction of sp³-hybridized carbons (Fsp3) is 0.389. The molecule has 0 bridgehead atoms. The molecule has 1 aromatic carbocycles. The Morgan fingerprint density at radius 2 is 1.83 bits per heavy atom. The molecule has 3 aromatic rings. The van der Waals surface area contributed by atoms with Crippen molar-refractivity contribution in [1.29, 1.82) is 0 Å². The van der Waals surface area contributed by atoms with Gasteiger partial charge in [-0.1, -0.05) is 61.2 Å². The summed E-state index contributed by atoms with van der Waals surface area (Å²) in [6, 6.07) is 10.4. The molecule has 1 fully saturated rings. The number of halogens is 1. The molecule has 23 heavy (non-hydrogen) atoms. The lowest BCUT2D eigenvalue weighted by molar-refractivity contribution is 0.419. The maximum absolute atomic E-state index is 6.26. The van der Waals surface area contributed by atoms with Gasteiger partial charge in [0, 0.05) is 5.92 Å². The summed E-state index contributed by atoms with van der Waals surface area (Å²) in [5.74, 6) is 1.61. The molecule has 0 saturated heterocycles. The van der Waals surface area contributed by atoms with Crippen LogP contribution in [0.4, 0.5) is 0 Å². The van der Waals surface area contributed by atoms with Crippen molar-refractivity contribution in [2.75, 3.05) is 0 Å². The summed E-state index contributed by atoms with van der Waals surface area (Å²) in [5, 5.41) is 0.443. The first-order valence-electron chi connectivity index (χ1n) is 8.23. The summed E-state index contributed by atoms with van der Waals surface area (Å²) < 4.78 is 2.23. The first-order valence-corrected chi connectivity index (χ1v) is 8.61. The van der Waals surface area contributed by atoms with E-state index in [1.54, 1.807) is 0 Å². The molecule has 0 atom stereocenters. The average Bonchev–Trinajstić information content (AvgIpc) is 2.97. The summed E-state index contributed by atoms with van der Waals surface area (Å²) in [6.07, 6.45) is 7.80. The van der Waals surface area contributed by atoms with Gasteiger partial charge in [-0.2, -0.15) is 0 Å². The van der Waals surface area contributed by atoms with Crippen molar-refractivity contribution >= 4 is 22.8 Å². The Morgan fingerprint density at radius 3 is 2.61 bits per heavy atom. The van der Waals surface area contributed by atoms with Crippen molar-refractivity contribution in [2.45, 2.75) is 44.6 Å². The van der Waals surface area contributed by atoms with E-state index in [1.807, 2.05) is 6.07 Å². The highest BCUT2D eigenvalue weighted by Gasteiger charge is 2.24. The van der Waals surface area contributed by atoms with Crippen LogP contribution in [0, 0.1) is 0 Å². The fourth-order valence-electron chi connectivity index (χ4n) is 3.52. The van der Waals surface area contributed by atoms with Gasteiger partial charge in [0.05, 0.1) is 6.54 Å². The molecule has 2 aromatic heterocycles. The summed E-state index contributed by atoms with van der Waals surface area (Å²) in [5.41, 5.74) is 2.82. The Labute approximate surface area is 140 Å². The highest BCUT2D eigenvalue weighted by atomic mass is 35.5. The van der Waals surface area contributed by atoms with Crippen molar-refractivity contribution < 1.29 is 0 Å². The van der Waals surface area contributed by atoms with Crippen LogP contribution < -0.4 is 0 Å². The van der Waals surface area contributed by atoms with E-state index in [0.717, 1.165) is 23.5 Å². The zero-order valence-corrected chi connectivity index (χ0v) is 13.7. The van der Waals surface area contributed by atoms with Crippen LogP contribution in [0.2, 0.25) is 5.15 Å². The molecule has 4 nitrogen and oxygen atoms in total. The Hall–Kier alpha value is -1.94. The lowest BCUT2D eigenvalue weighted by Gasteiger charge is -2.22. The van der Waals surface area contributed by atoms with E-state index in [1.165, 1.54) is 44.0 Å². The Balaban J connectivity index is 1.83. The lowest BCUT2D eigenvalue weighted by atomic mass is 9.88. The highest BCUT2D eigenvalue weighted by Crippen LogP contribution is 2.34. The van der Waals surface area contributed by atoms with Crippen molar-refractivity contribution in [3.8, 4) is 0 Å². The third-order valence-corrected chi connectivity index (χ3v) is 4.95. The van der Waals surface area contributed by atoms with E-state index in [0.29, 0.717) is 11.1 Å². The van der Waals surface area contributed by atoms with Crippen molar-refractivity contribution in [1.82, 2.24) is 19.5 Å². The summed E-state index contributed by atoms with van der Waals surface area (Å²) in [7, 11) is 0. The first kappa shape index (κ1) is 14.6. The molecule has 1 saturated carbocycles. The van der Waals surface area contributed by atoms with E-state index in [-0.39, 0.29) is 0 Å². The van der Waals surface area contributed by atoms with Crippen LogP contribution in [0.1, 0.15) is 49.4 Å². The zero-order chi connectivity index (χ0) is 15.6. The van der Waals surface area contributed by atoms with Crippen LogP contribution in [0.3, 0.4) is 0 Å². The van der Waals surface area contributed by atoms with Gasteiger partial charge in [0.25, 0.3) is 0 Å². The zero-order valence-electron chi connectivity index (χ0n) is 13.0. The molecule has 0 unspecified atom stereocenters. The molecule has 0 spiro atoms. The highest BCUT2D eigenvalue weighted by molar-refractivity contribution is 6.33. The minimum atomic E-state index is 0.443. The number of fused-ring (bicyclic) bond motifs is 1. The van der Waals surface area contributed by atoms with Crippen LogP contribution in [0.15, 0.2) is 36.7 Å². The quantitative estimate of drug-likeness (QED) is 0.662. The standard InChI is InChI=1S/C18H19ClN4/c19-16-15-18(21-12-20-16)23(11-13-7-3-1-4-8-13)17(22-15)14-9-5-2-6-10-14/h1,3-4,7-8,12,14H,2,5-6,9-11H2.